The number of rotatable bonds is 2. The van der Waals surface area contributed by atoms with Crippen LogP contribution < -0.4 is 0 Å². The number of hydrogen-bond donors (Lipinski definition) is 3. The van der Waals surface area contributed by atoms with Crippen LogP contribution in [-0.4, -0.2) is 21.9 Å². The Labute approximate surface area is 74.8 Å². The lowest BCUT2D eigenvalue weighted by Gasteiger charge is -2.04. The van der Waals surface area contributed by atoms with Gasteiger partial charge in [0.1, 0.15) is 0 Å². The van der Waals surface area contributed by atoms with Gasteiger partial charge in [-0.3, -0.25) is 0 Å². The van der Waals surface area contributed by atoms with Crippen LogP contribution in [0.1, 0.15) is 5.56 Å². The summed E-state index contributed by atoms with van der Waals surface area (Å²) in [5.74, 6) is -0.468. The van der Waals surface area contributed by atoms with Gasteiger partial charge in [0.25, 0.3) is 0 Å². The van der Waals surface area contributed by atoms with Crippen LogP contribution in [0.3, 0.4) is 0 Å². The van der Waals surface area contributed by atoms with Crippen molar-refractivity contribution >= 4 is 11.6 Å². The molecule has 1 aromatic rings. The second-order valence-corrected chi connectivity index (χ2v) is 2.81. The molecule has 0 aliphatic carbocycles. The van der Waals surface area contributed by atoms with Crippen LogP contribution >= 0.6 is 11.6 Å². The van der Waals surface area contributed by atoms with Gasteiger partial charge < -0.3 is 15.3 Å². The largest absolute Gasteiger partial charge is 0.504 e. The smallest absolute Gasteiger partial charge is 0.158 e. The lowest BCUT2D eigenvalue weighted by Crippen LogP contribution is -1.91. The molecule has 3 nitrogen and oxygen atoms in total. The number of phenols is 2. The Kier molecular flexibility index (Phi) is 2.78. The first-order valence-corrected chi connectivity index (χ1v) is 3.84. The van der Waals surface area contributed by atoms with Crippen molar-refractivity contribution in [1.29, 1.82) is 0 Å². The first-order valence-electron chi connectivity index (χ1n) is 3.46. The van der Waals surface area contributed by atoms with Gasteiger partial charge in [0.2, 0.25) is 0 Å². The maximum atomic E-state index is 9.06. The van der Waals surface area contributed by atoms with E-state index in [0.717, 1.165) is 0 Å². The molecule has 1 aromatic carbocycles. The highest BCUT2D eigenvalue weighted by Crippen LogP contribution is 2.31. The van der Waals surface area contributed by atoms with Crippen LogP contribution in [0.4, 0.5) is 0 Å². The summed E-state index contributed by atoms with van der Waals surface area (Å²) in [6, 6.07) is 2.59. The van der Waals surface area contributed by atoms with E-state index in [1.807, 2.05) is 0 Å². The number of benzene rings is 1. The minimum atomic E-state index is -0.248. The summed E-state index contributed by atoms with van der Waals surface area (Å²) in [7, 11) is 0. The van der Waals surface area contributed by atoms with Crippen molar-refractivity contribution in [1.82, 2.24) is 0 Å². The van der Waals surface area contributed by atoms with Crippen molar-refractivity contribution in [2.24, 2.45) is 0 Å². The summed E-state index contributed by atoms with van der Waals surface area (Å²) in [6.45, 7) is -0.0378. The lowest BCUT2D eigenvalue weighted by molar-refractivity contribution is 0.299. The monoisotopic (exact) mass is 188 g/mol. The molecule has 0 amide bonds. The fraction of sp³-hybridized carbons (Fsp3) is 0.250. The summed E-state index contributed by atoms with van der Waals surface area (Å²) in [4.78, 5) is 0. The van der Waals surface area contributed by atoms with E-state index in [0.29, 0.717) is 17.0 Å². The zero-order chi connectivity index (χ0) is 9.14. The van der Waals surface area contributed by atoms with Gasteiger partial charge in [-0.15, -0.1) is 0 Å². The molecule has 0 aliphatic heterocycles. The SMILES string of the molecule is OCCc1cc(O)c(O)cc1Cl. The Balaban J connectivity index is 3.05. The normalized spacial score (nSPS) is 10.2. The van der Waals surface area contributed by atoms with Gasteiger partial charge in [-0.1, -0.05) is 11.6 Å². The molecule has 4 heteroatoms. The third-order valence-electron chi connectivity index (χ3n) is 1.52. The van der Waals surface area contributed by atoms with E-state index in [-0.39, 0.29) is 18.1 Å². The number of halogens is 1. The molecule has 0 atom stereocenters. The molecule has 0 heterocycles. The predicted molar refractivity (Wildman–Crippen MR) is 45.6 cm³/mol. The minimum Gasteiger partial charge on any atom is -0.504 e. The Morgan fingerprint density at radius 3 is 2.33 bits per heavy atom. The van der Waals surface area contributed by atoms with E-state index in [4.69, 9.17) is 26.9 Å². The molecule has 0 spiro atoms. The van der Waals surface area contributed by atoms with Gasteiger partial charge in [0, 0.05) is 17.7 Å². The van der Waals surface area contributed by atoms with Crippen LogP contribution in [0.25, 0.3) is 0 Å². The Morgan fingerprint density at radius 2 is 1.75 bits per heavy atom. The van der Waals surface area contributed by atoms with E-state index in [1.165, 1.54) is 12.1 Å². The van der Waals surface area contributed by atoms with Crippen LogP contribution in [-0.2, 0) is 6.42 Å². The molecule has 0 bridgehead atoms. The first kappa shape index (κ1) is 9.16. The molecule has 0 saturated heterocycles. The molecule has 12 heavy (non-hydrogen) atoms. The fourth-order valence-corrected chi connectivity index (χ4v) is 1.16. The second kappa shape index (κ2) is 3.65. The molecule has 3 N–H and O–H groups in total. The Bertz CT molecular complexity index is 286. The van der Waals surface area contributed by atoms with E-state index >= 15 is 0 Å². The van der Waals surface area contributed by atoms with Crippen molar-refractivity contribution in [3.8, 4) is 11.5 Å². The molecule has 66 valence electrons. The average Bonchev–Trinajstić information content (AvgIpc) is 2.01. The lowest BCUT2D eigenvalue weighted by atomic mass is 10.1. The Hall–Kier alpha value is -0.930. The van der Waals surface area contributed by atoms with Gasteiger partial charge in [0.15, 0.2) is 11.5 Å². The number of aromatic hydroxyl groups is 2. The fourth-order valence-electron chi connectivity index (χ4n) is 0.907. The predicted octanol–water partition coefficient (Wildman–Crippen LogP) is 1.29. The van der Waals surface area contributed by atoms with Crippen molar-refractivity contribution in [2.45, 2.75) is 6.42 Å². The highest BCUT2D eigenvalue weighted by Gasteiger charge is 2.05. The van der Waals surface area contributed by atoms with Crippen LogP contribution in [0.15, 0.2) is 12.1 Å². The summed E-state index contributed by atoms with van der Waals surface area (Å²) in [6.07, 6.45) is 0.368. The van der Waals surface area contributed by atoms with Crippen molar-refractivity contribution in [3.63, 3.8) is 0 Å². The van der Waals surface area contributed by atoms with Gasteiger partial charge in [-0.2, -0.15) is 0 Å². The highest BCUT2D eigenvalue weighted by atomic mass is 35.5. The second-order valence-electron chi connectivity index (χ2n) is 2.41. The number of hydrogen-bond acceptors (Lipinski definition) is 3. The standard InChI is InChI=1S/C8H9ClO3/c9-6-4-8(12)7(11)3-5(6)1-2-10/h3-4,10-12H,1-2H2. The zero-order valence-electron chi connectivity index (χ0n) is 6.29. The maximum absolute atomic E-state index is 9.06. The summed E-state index contributed by atoms with van der Waals surface area (Å²) < 4.78 is 0. The molecule has 0 aromatic heterocycles. The van der Waals surface area contributed by atoms with Gasteiger partial charge >= 0.3 is 0 Å². The number of aliphatic hydroxyl groups excluding tert-OH is 1. The molecule has 0 saturated carbocycles. The van der Waals surface area contributed by atoms with Gasteiger partial charge in [0.05, 0.1) is 0 Å². The first-order chi connectivity index (χ1) is 5.65. The van der Waals surface area contributed by atoms with Crippen molar-refractivity contribution in [3.05, 3.63) is 22.7 Å². The van der Waals surface area contributed by atoms with Crippen LogP contribution in [0.5, 0.6) is 11.5 Å². The maximum Gasteiger partial charge on any atom is 0.158 e. The van der Waals surface area contributed by atoms with Crippen molar-refractivity contribution in [2.75, 3.05) is 6.61 Å². The molecular weight excluding hydrogens is 180 g/mol. The third kappa shape index (κ3) is 1.81. The molecule has 1 rings (SSSR count). The average molecular weight is 189 g/mol. The highest BCUT2D eigenvalue weighted by molar-refractivity contribution is 6.31. The van der Waals surface area contributed by atoms with E-state index in [1.54, 1.807) is 0 Å². The quantitative estimate of drug-likeness (QED) is 0.613. The minimum absolute atomic E-state index is 0.0378. The third-order valence-corrected chi connectivity index (χ3v) is 1.88. The Morgan fingerprint density at radius 1 is 1.17 bits per heavy atom. The van der Waals surface area contributed by atoms with Gasteiger partial charge in [-0.25, -0.2) is 0 Å². The molecule has 0 aliphatic rings. The number of aliphatic hydroxyl groups is 1. The van der Waals surface area contributed by atoms with E-state index in [2.05, 4.69) is 0 Å². The van der Waals surface area contributed by atoms with Crippen LogP contribution in [0.2, 0.25) is 5.02 Å². The van der Waals surface area contributed by atoms with E-state index in [9.17, 15) is 0 Å². The zero-order valence-corrected chi connectivity index (χ0v) is 7.04. The molecule has 0 unspecified atom stereocenters. The summed E-state index contributed by atoms with van der Waals surface area (Å²) in [5, 5.41) is 27.0. The van der Waals surface area contributed by atoms with Crippen LogP contribution in [0, 0.1) is 0 Å². The number of phenolic OH excluding ortho intramolecular Hbond substituents is 2. The molecule has 0 fully saturated rings. The molecule has 0 radical (unpaired) electrons. The summed E-state index contributed by atoms with van der Waals surface area (Å²) >= 11 is 5.70. The molecular formula is C8H9ClO3. The van der Waals surface area contributed by atoms with Crippen molar-refractivity contribution < 1.29 is 15.3 Å². The van der Waals surface area contributed by atoms with Gasteiger partial charge in [-0.05, 0) is 18.1 Å². The topological polar surface area (TPSA) is 60.7 Å². The summed E-state index contributed by atoms with van der Waals surface area (Å²) in [5.41, 5.74) is 0.620. The van der Waals surface area contributed by atoms with E-state index < -0.39 is 0 Å².